The summed E-state index contributed by atoms with van der Waals surface area (Å²) in [6.07, 6.45) is 0. The Labute approximate surface area is 135 Å². The Morgan fingerprint density at radius 3 is 2.39 bits per heavy atom. The van der Waals surface area contributed by atoms with E-state index in [1.54, 1.807) is 19.1 Å². The first kappa shape index (κ1) is 15.4. The van der Waals surface area contributed by atoms with Crippen LogP contribution in [0.2, 0.25) is 0 Å². The number of carbonyl (C=O) groups excluding carboxylic acids is 1. The molecule has 2 atom stereocenters. The van der Waals surface area contributed by atoms with Gasteiger partial charge in [0.2, 0.25) is 5.91 Å². The van der Waals surface area contributed by atoms with Gasteiger partial charge in [-0.25, -0.2) is 0 Å². The number of carbonyl (C=O) groups is 1. The summed E-state index contributed by atoms with van der Waals surface area (Å²) in [5.41, 5.74) is 8.04. The topological polar surface area (TPSA) is 64.8 Å². The van der Waals surface area contributed by atoms with Crippen LogP contribution in [0, 0.1) is 0 Å². The number of benzene rings is 2. The zero-order valence-electron chi connectivity index (χ0n) is 13.2. The van der Waals surface area contributed by atoms with Crippen LogP contribution in [0.4, 0.5) is 0 Å². The lowest BCUT2D eigenvalue weighted by molar-refractivity contribution is -0.150. The summed E-state index contributed by atoms with van der Waals surface area (Å²) in [7, 11) is 3.19. The fraction of sp³-hybridized carbons (Fsp3) is 0.278. The molecule has 2 unspecified atom stereocenters. The first-order valence-electron chi connectivity index (χ1n) is 7.47. The van der Waals surface area contributed by atoms with Crippen molar-refractivity contribution in [2.24, 2.45) is 5.73 Å². The molecule has 2 aromatic carbocycles. The van der Waals surface area contributed by atoms with Gasteiger partial charge >= 0.3 is 0 Å². The van der Waals surface area contributed by atoms with E-state index in [-0.39, 0.29) is 11.9 Å². The average Bonchev–Trinajstić information content (AvgIpc) is 2.61. The number of hydrogen-bond acceptors (Lipinski definition) is 4. The number of nitrogens with zero attached hydrogens (tertiary/aromatic N) is 1. The molecule has 120 valence electrons. The first-order chi connectivity index (χ1) is 11.2. The molecule has 1 heterocycles. The smallest absolute Gasteiger partial charge is 0.242 e. The lowest BCUT2D eigenvalue weighted by Gasteiger charge is -2.45. The SMILES string of the molecule is COc1ccc(CN2C(=O)C(N)C2c2ccccc2)cc1OC. The molecule has 0 spiro atoms. The van der Waals surface area contributed by atoms with Gasteiger partial charge in [0.15, 0.2) is 11.5 Å². The van der Waals surface area contributed by atoms with Crippen molar-refractivity contribution in [2.45, 2.75) is 18.6 Å². The maximum absolute atomic E-state index is 12.2. The second kappa shape index (κ2) is 6.30. The van der Waals surface area contributed by atoms with E-state index in [2.05, 4.69) is 0 Å². The van der Waals surface area contributed by atoms with Crippen LogP contribution in [0.15, 0.2) is 48.5 Å². The van der Waals surface area contributed by atoms with E-state index in [1.807, 2.05) is 48.5 Å². The van der Waals surface area contributed by atoms with Gasteiger partial charge in [-0.3, -0.25) is 4.79 Å². The van der Waals surface area contributed by atoms with Gasteiger partial charge in [0.05, 0.1) is 20.3 Å². The van der Waals surface area contributed by atoms with Crippen LogP contribution in [-0.4, -0.2) is 31.1 Å². The van der Waals surface area contributed by atoms with Crippen LogP contribution >= 0.6 is 0 Å². The maximum Gasteiger partial charge on any atom is 0.242 e. The van der Waals surface area contributed by atoms with Crippen molar-refractivity contribution in [2.75, 3.05) is 14.2 Å². The number of ether oxygens (including phenoxy) is 2. The molecule has 5 heteroatoms. The highest BCUT2D eigenvalue weighted by Crippen LogP contribution is 2.36. The summed E-state index contributed by atoms with van der Waals surface area (Å²) < 4.78 is 10.6. The van der Waals surface area contributed by atoms with E-state index in [1.165, 1.54) is 0 Å². The van der Waals surface area contributed by atoms with Crippen molar-refractivity contribution in [3.05, 3.63) is 59.7 Å². The summed E-state index contributed by atoms with van der Waals surface area (Å²) in [6, 6.07) is 15.0. The molecule has 0 saturated carbocycles. The average molecular weight is 312 g/mol. The fourth-order valence-electron chi connectivity index (χ4n) is 2.96. The minimum Gasteiger partial charge on any atom is -0.493 e. The number of amides is 1. The minimum absolute atomic E-state index is 0.0337. The van der Waals surface area contributed by atoms with Crippen LogP contribution in [-0.2, 0) is 11.3 Å². The summed E-state index contributed by atoms with van der Waals surface area (Å²) in [4.78, 5) is 14.0. The molecular weight excluding hydrogens is 292 g/mol. The lowest BCUT2D eigenvalue weighted by atomic mass is 9.88. The number of nitrogens with two attached hydrogens (primary N) is 1. The second-order valence-electron chi connectivity index (χ2n) is 5.54. The molecule has 1 fully saturated rings. The standard InChI is InChI=1S/C18H20N2O3/c1-22-14-9-8-12(10-15(14)23-2)11-20-17(16(19)18(20)21)13-6-4-3-5-7-13/h3-10,16-17H,11,19H2,1-2H3. The Bertz CT molecular complexity index is 703. The Morgan fingerprint density at radius 2 is 1.74 bits per heavy atom. The van der Waals surface area contributed by atoms with Crippen molar-refractivity contribution in [3.8, 4) is 11.5 Å². The summed E-state index contributed by atoms with van der Waals surface area (Å²) in [5.74, 6) is 1.29. The Hall–Kier alpha value is -2.53. The Morgan fingerprint density at radius 1 is 1.04 bits per heavy atom. The number of β-lactam (4-membered cyclic amide) rings is 1. The van der Waals surface area contributed by atoms with Crippen LogP contribution in [0.1, 0.15) is 17.2 Å². The quantitative estimate of drug-likeness (QED) is 0.859. The first-order valence-corrected chi connectivity index (χ1v) is 7.47. The van der Waals surface area contributed by atoms with Gasteiger partial charge in [0.25, 0.3) is 0 Å². The van der Waals surface area contributed by atoms with Gasteiger partial charge in [-0.2, -0.15) is 0 Å². The third kappa shape index (κ3) is 2.75. The third-order valence-corrected chi connectivity index (χ3v) is 4.19. The molecule has 1 saturated heterocycles. The van der Waals surface area contributed by atoms with E-state index in [4.69, 9.17) is 15.2 Å². The van der Waals surface area contributed by atoms with Crippen LogP contribution in [0.5, 0.6) is 11.5 Å². The second-order valence-corrected chi connectivity index (χ2v) is 5.54. The number of likely N-dealkylation sites (tertiary alicyclic amines) is 1. The van der Waals surface area contributed by atoms with Gasteiger partial charge in [-0.05, 0) is 23.3 Å². The van der Waals surface area contributed by atoms with Crippen molar-refractivity contribution in [3.63, 3.8) is 0 Å². The monoisotopic (exact) mass is 312 g/mol. The largest absolute Gasteiger partial charge is 0.493 e. The maximum atomic E-state index is 12.2. The highest BCUT2D eigenvalue weighted by molar-refractivity contribution is 5.89. The normalized spacial score (nSPS) is 20.1. The Kier molecular flexibility index (Phi) is 4.21. The Balaban J connectivity index is 1.83. The molecule has 0 bridgehead atoms. The van der Waals surface area contributed by atoms with Gasteiger partial charge in [-0.15, -0.1) is 0 Å². The molecule has 0 radical (unpaired) electrons. The molecule has 23 heavy (non-hydrogen) atoms. The van der Waals surface area contributed by atoms with E-state index < -0.39 is 6.04 Å². The molecule has 1 aliphatic rings. The van der Waals surface area contributed by atoms with Crippen molar-refractivity contribution >= 4 is 5.91 Å². The van der Waals surface area contributed by atoms with Crippen LogP contribution in [0.25, 0.3) is 0 Å². The molecule has 3 rings (SSSR count). The highest BCUT2D eigenvalue weighted by Gasteiger charge is 2.45. The number of hydrogen-bond donors (Lipinski definition) is 1. The van der Waals surface area contributed by atoms with Gasteiger partial charge in [0, 0.05) is 6.54 Å². The van der Waals surface area contributed by atoms with Gasteiger partial charge in [0.1, 0.15) is 6.04 Å². The lowest BCUT2D eigenvalue weighted by Crippen LogP contribution is -2.62. The molecule has 5 nitrogen and oxygen atoms in total. The van der Waals surface area contributed by atoms with Gasteiger partial charge in [-0.1, -0.05) is 36.4 Å². The number of methoxy groups -OCH3 is 2. The van der Waals surface area contributed by atoms with E-state index in [0.717, 1.165) is 11.1 Å². The molecule has 0 aromatic heterocycles. The van der Waals surface area contributed by atoms with Crippen LogP contribution in [0.3, 0.4) is 0 Å². The van der Waals surface area contributed by atoms with E-state index >= 15 is 0 Å². The summed E-state index contributed by atoms with van der Waals surface area (Å²) in [5, 5.41) is 0. The molecule has 1 amide bonds. The summed E-state index contributed by atoms with van der Waals surface area (Å²) >= 11 is 0. The molecule has 2 aromatic rings. The predicted molar refractivity (Wildman–Crippen MR) is 87.3 cm³/mol. The summed E-state index contributed by atoms with van der Waals surface area (Å²) in [6.45, 7) is 0.493. The van der Waals surface area contributed by atoms with Gasteiger partial charge < -0.3 is 20.1 Å². The molecular formula is C18H20N2O3. The van der Waals surface area contributed by atoms with Crippen molar-refractivity contribution in [1.29, 1.82) is 0 Å². The fourth-order valence-corrected chi connectivity index (χ4v) is 2.96. The van der Waals surface area contributed by atoms with Crippen LogP contribution < -0.4 is 15.2 Å². The van der Waals surface area contributed by atoms with Crippen molar-refractivity contribution < 1.29 is 14.3 Å². The van der Waals surface area contributed by atoms with Crippen molar-refractivity contribution in [1.82, 2.24) is 4.90 Å². The zero-order valence-corrected chi connectivity index (χ0v) is 13.2. The minimum atomic E-state index is -0.474. The molecule has 2 N–H and O–H groups in total. The third-order valence-electron chi connectivity index (χ3n) is 4.19. The molecule has 1 aliphatic heterocycles. The predicted octanol–water partition coefficient (Wildman–Crippen LogP) is 2.11. The number of rotatable bonds is 5. The zero-order chi connectivity index (χ0) is 16.4. The van der Waals surface area contributed by atoms with E-state index in [9.17, 15) is 4.79 Å². The van der Waals surface area contributed by atoms with E-state index in [0.29, 0.717) is 18.0 Å². The highest BCUT2D eigenvalue weighted by atomic mass is 16.5. The molecule has 0 aliphatic carbocycles.